The predicted octanol–water partition coefficient (Wildman–Crippen LogP) is 3.82. The van der Waals surface area contributed by atoms with E-state index in [2.05, 4.69) is 5.32 Å². The Labute approximate surface area is 151 Å². The third-order valence-electron chi connectivity index (χ3n) is 4.17. The van der Waals surface area contributed by atoms with Gasteiger partial charge in [0.1, 0.15) is 6.04 Å². The second-order valence-corrected chi connectivity index (χ2v) is 5.97. The summed E-state index contributed by atoms with van der Waals surface area (Å²) in [5, 5.41) is 14.1. The number of hydrogen-bond donors (Lipinski definition) is 2. The van der Waals surface area contributed by atoms with Gasteiger partial charge in [0.15, 0.2) is 5.78 Å². The highest BCUT2D eigenvalue weighted by Gasteiger charge is 2.16. The van der Waals surface area contributed by atoms with E-state index in [1.165, 1.54) is 12.3 Å². The molecule has 4 heteroatoms. The van der Waals surface area contributed by atoms with Crippen LogP contribution in [0.4, 0.5) is 0 Å². The molecule has 1 atom stereocenters. The molecule has 0 aliphatic heterocycles. The van der Waals surface area contributed by atoms with E-state index in [-0.39, 0.29) is 5.78 Å². The van der Waals surface area contributed by atoms with Gasteiger partial charge in [-0.2, -0.15) is 0 Å². The monoisotopic (exact) mass is 345 g/mol. The number of fused-ring (bicyclic) bond motifs is 1. The van der Waals surface area contributed by atoms with Crippen molar-refractivity contribution in [2.45, 2.75) is 12.5 Å². The molecule has 0 radical (unpaired) electrons. The summed E-state index contributed by atoms with van der Waals surface area (Å²) >= 11 is 0. The Hall–Kier alpha value is -3.40. The van der Waals surface area contributed by atoms with Crippen molar-refractivity contribution in [3.63, 3.8) is 0 Å². The fourth-order valence-electron chi connectivity index (χ4n) is 2.84. The molecule has 0 amide bonds. The molecule has 2 N–H and O–H groups in total. The minimum Gasteiger partial charge on any atom is -0.480 e. The summed E-state index contributed by atoms with van der Waals surface area (Å²) in [4.78, 5) is 23.9. The minimum atomic E-state index is -0.962. The lowest BCUT2D eigenvalue weighted by Crippen LogP contribution is -2.35. The molecule has 0 aliphatic carbocycles. The zero-order valence-corrected chi connectivity index (χ0v) is 14.1. The van der Waals surface area contributed by atoms with Crippen molar-refractivity contribution in [2.24, 2.45) is 0 Å². The van der Waals surface area contributed by atoms with Gasteiger partial charge in [0.25, 0.3) is 0 Å². The van der Waals surface area contributed by atoms with Gasteiger partial charge in [0.2, 0.25) is 0 Å². The molecule has 0 saturated carbocycles. The number of carbonyl (C=O) groups is 2. The Morgan fingerprint density at radius 1 is 0.923 bits per heavy atom. The highest BCUT2D eigenvalue weighted by atomic mass is 16.4. The number of carboxylic acid groups (broad SMARTS) is 1. The predicted molar refractivity (Wildman–Crippen MR) is 102 cm³/mol. The van der Waals surface area contributed by atoms with E-state index >= 15 is 0 Å². The normalized spacial score (nSPS) is 12.2. The van der Waals surface area contributed by atoms with E-state index in [9.17, 15) is 14.7 Å². The summed E-state index contributed by atoms with van der Waals surface area (Å²) in [5.41, 5.74) is 1.51. The van der Waals surface area contributed by atoms with E-state index in [0.29, 0.717) is 12.0 Å². The number of ketones is 1. The zero-order chi connectivity index (χ0) is 18.4. The van der Waals surface area contributed by atoms with Crippen LogP contribution in [0.1, 0.15) is 15.9 Å². The van der Waals surface area contributed by atoms with Crippen molar-refractivity contribution >= 4 is 22.5 Å². The van der Waals surface area contributed by atoms with Crippen LogP contribution in [-0.4, -0.2) is 22.9 Å². The van der Waals surface area contributed by atoms with E-state index in [1.807, 2.05) is 66.7 Å². The number of rotatable bonds is 7. The molecular weight excluding hydrogens is 326 g/mol. The Kier molecular flexibility index (Phi) is 5.44. The lowest BCUT2D eigenvalue weighted by Gasteiger charge is -2.12. The maximum absolute atomic E-state index is 12.5. The van der Waals surface area contributed by atoms with Crippen LogP contribution >= 0.6 is 0 Å². The fourth-order valence-corrected chi connectivity index (χ4v) is 2.84. The molecule has 0 aliphatic rings. The molecular formula is C22H19NO3. The highest BCUT2D eigenvalue weighted by Crippen LogP contribution is 2.19. The summed E-state index contributed by atoms with van der Waals surface area (Å²) in [7, 11) is 0. The van der Waals surface area contributed by atoms with Gasteiger partial charge in [0, 0.05) is 24.3 Å². The van der Waals surface area contributed by atoms with Crippen LogP contribution in [0, 0.1) is 0 Å². The molecule has 26 heavy (non-hydrogen) atoms. The molecule has 3 rings (SSSR count). The number of aliphatic carboxylic acids is 1. The number of benzene rings is 3. The molecule has 0 fully saturated rings. The third kappa shape index (κ3) is 4.16. The van der Waals surface area contributed by atoms with Gasteiger partial charge in [-0.25, -0.2) is 4.79 Å². The standard InChI is InChI=1S/C22H19NO3/c24-21(19-12-6-10-17-9-4-5-11-18(17)19)13-14-23-20(22(25)26)15-16-7-2-1-3-8-16/h1-14,20,23H,15H2,(H,25,26)/b14-13-/t20-/m0/s1. The van der Waals surface area contributed by atoms with Crippen molar-refractivity contribution in [1.29, 1.82) is 0 Å². The molecule has 0 heterocycles. The number of nitrogens with one attached hydrogen (secondary N) is 1. The molecule has 0 spiro atoms. The summed E-state index contributed by atoms with van der Waals surface area (Å²) in [6.45, 7) is 0. The third-order valence-corrected chi connectivity index (χ3v) is 4.17. The molecule has 0 aromatic heterocycles. The SMILES string of the molecule is O=C(/C=C\N[C@@H](Cc1ccccc1)C(=O)O)c1cccc2ccccc12. The molecule has 3 aromatic carbocycles. The highest BCUT2D eigenvalue weighted by molar-refractivity contribution is 6.13. The van der Waals surface area contributed by atoms with Gasteiger partial charge in [-0.3, -0.25) is 4.79 Å². The molecule has 130 valence electrons. The topological polar surface area (TPSA) is 66.4 Å². The van der Waals surface area contributed by atoms with Gasteiger partial charge in [-0.15, -0.1) is 0 Å². The lowest BCUT2D eigenvalue weighted by molar-refractivity contribution is -0.139. The molecule has 0 bridgehead atoms. The zero-order valence-electron chi connectivity index (χ0n) is 14.1. The first kappa shape index (κ1) is 17.4. The van der Waals surface area contributed by atoms with Crippen LogP contribution in [-0.2, 0) is 11.2 Å². The van der Waals surface area contributed by atoms with Crippen molar-refractivity contribution in [1.82, 2.24) is 5.32 Å². The first-order valence-electron chi connectivity index (χ1n) is 8.36. The number of hydrogen-bond acceptors (Lipinski definition) is 3. The number of carbonyl (C=O) groups excluding carboxylic acids is 1. The Morgan fingerprint density at radius 3 is 2.38 bits per heavy atom. The number of allylic oxidation sites excluding steroid dienone is 1. The Bertz CT molecular complexity index is 943. The fraction of sp³-hybridized carbons (Fsp3) is 0.0909. The van der Waals surface area contributed by atoms with Crippen LogP contribution in [0.5, 0.6) is 0 Å². The molecule has 0 unspecified atom stereocenters. The second kappa shape index (κ2) is 8.12. The summed E-state index contributed by atoms with van der Waals surface area (Å²) in [6, 6.07) is 21.8. The molecule has 3 aromatic rings. The lowest BCUT2D eigenvalue weighted by atomic mass is 10.0. The molecule has 4 nitrogen and oxygen atoms in total. The van der Waals surface area contributed by atoms with Crippen molar-refractivity contribution < 1.29 is 14.7 Å². The van der Waals surface area contributed by atoms with Crippen LogP contribution in [0.25, 0.3) is 10.8 Å². The van der Waals surface area contributed by atoms with E-state index < -0.39 is 12.0 Å². The Balaban J connectivity index is 1.71. The first-order valence-corrected chi connectivity index (χ1v) is 8.36. The van der Waals surface area contributed by atoms with Crippen molar-refractivity contribution in [3.05, 3.63) is 96.2 Å². The van der Waals surface area contributed by atoms with Gasteiger partial charge in [-0.05, 0) is 16.3 Å². The number of carboxylic acids is 1. The summed E-state index contributed by atoms with van der Waals surface area (Å²) in [5.74, 6) is -1.13. The smallest absolute Gasteiger partial charge is 0.326 e. The maximum atomic E-state index is 12.5. The summed E-state index contributed by atoms with van der Waals surface area (Å²) in [6.07, 6.45) is 3.14. The first-order chi connectivity index (χ1) is 12.6. The van der Waals surface area contributed by atoms with E-state index in [0.717, 1.165) is 16.3 Å². The summed E-state index contributed by atoms with van der Waals surface area (Å²) < 4.78 is 0. The Morgan fingerprint density at radius 2 is 1.62 bits per heavy atom. The average molecular weight is 345 g/mol. The minimum absolute atomic E-state index is 0.168. The van der Waals surface area contributed by atoms with Gasteiger partial charge < -0.3 is 10.4 Å². The second-order valence-electron chi connectivity index (χ2n) is 5.97. The van der Waals surface area contributed by atoms with Crippen LogP contribution in [0.3, 0.4) is 0 Å². The van der Waals surface area contributed by atoms with E-state index in [4.69, 9.17) is 0 Å². The van der Waals surface area contributed by atoms with Crippen LogP contribution in [0.2, 0.25) is 0 Å². The largest absolute Gasteiger partial charge is 0.480 e. The van der Waals surface area contributed by atoms with Crippen LogP contribution < -0.4 is 5.32 Å². The van der Waals surface area contributed by atoms with Gasteiger partial charge in [-0.1, -0.05) is 72.8 Å². The van der Waals surface area contributed by atoms with Crippen LogP contribution in [0.15, 0.2) is 85.1 Å². The van der Waals surface area contributed by atoms with Gasteiger partial charge >= 0.3 is 5.97 Å². The van der Waals surface area contributed by atoms with Gasteiger partial charge in [0.05, 0.1) is 0 Å². The molecule has 0 saturated heterocycles. The average Bonchev–Trinajstić information content (AvgIpc) is 2.67. The maximum Gasteiger partial charge on any atom is 0.326 e. The van der Waals surface area contributed by atoms with Crippen molar-refractivity contribution in [3.8, 4) is 0 Å². The van der Waals surface area contributed by atoms with Crippen molar-refractivity contribution in [2.75, 3.05) is 0 Å². The quantitative estimate of drug-likeness (QED) is 0.505. The van der Waals surface area contributed by atoms with E-state index in [1.54, 1.807) is 6.07 Å².